The number of rotatable bonds is 2. The van der Waals surface area contributed by atoms with Crippen molar-refractivity contribution in [2.75, 3.05) is 0 Å². The highest BCUT2D eigenvalue weighted by Gasteiger charge is 2.15. The summed E-state index contributed by atoms with van der Waals surface area (Å²) in [7, 11) is 0. The number of aryl methyl sites for hydroxylation is 1. The Morgan fingerprint density at radius 3 is 2.88 bits per heavy atom. The molecule has 0 fully saturated rings. The first-order valence-electron chi connectivity index (χ1n) is 4.85. The van der Waals surface area contributed by atoms with Crippen molar-refractivity contribution in [3.63, 3.8) is 0 Å². The first kappa shape index (κ1) is 10.8. The fourth-order valence-corrected chi connectivity index (χ4v) is 1.81. The van der Waals surface area contributed by atoms with E-state index >= 15 is 0 Å². The summed E-state index contributed by atoms with van der Waals surface area (Å²) in [6, 6.07) is 5.61. The van der Waals surface area contributed by atoms with E-state index in [1.807, 2.05) is 25.1 Å². The van der Waals surface area contributed by atoms with Crippen molar-refractivity contribution >= 4 is 28.2 Å². The van der Waals surface area contributed by atoms with Gasteiger partial charge in [-0.15, -0.1) is 0 Å². The Labute approximate surface area is 97.0 Å². The SMILES string of the molecule is CCc1ccc2ncc([N+](=O)[O-])c(Cl)c2c1. The molecular weight excluding hydrogens is 228 g/mol. The van der Waals surface area contributed by atoms with Gasteiger partial charge in [0, 0.05) is 5.39 Å². The Balaban J connectivity index is 2.75. The maximum atomic E-state index is 10.7. The Hall–Kier alpha value is -1.68. The summed E-state index contributed by atoms with van der Waals surface area (Å²) in [4.78, 5) is 14.2. The number of halogens is 1. The van der Waals surface area contributed by atoms with E-state index in [1.54, 1.807) is 0 Å². The second kappa shape index (κ2) is 4.06. The summed E-state index contributed by atoms with van der Waals surface area (Å²) in [6.45, 7) is 2.01. The van der Waals surface area contributed by atoms with Gasteiger partial charge in [0.15, 0.2) is 0 Å². The van der Waals surface area contributed by atoms with Gasteiger partial charge in [0.05, 0.1) is 10.4 Å². The second-order valence-corrected chi connectivity index (χ2v) is 3.80. The van der Waals surface area contributed by atoms with Crippen molar-refractivity contribution in [1.29, 1.82) is 0 Å². The number of hydrogen-bond donors (Lipinski definition) is 0. The monoisotopic (exact) mass is 236 g/mol. The van der Waals surface area contributed by atoms with Crippen LogP contribution >= 0.6 is 11.6 Å². The number of hydrogen-bond acceptors (Lipinski definition) is 3. The molecule has 0 bridgehead atoms. The van der Waals surface area contributed by atoms with Gasteiger partial charge in [-0.3, -0.25) is 10.1 Å². The predicted molar refractivity (Wildman–Crippen MR) is 62.8 cm³/mol. The van der Waals surface area contributed by atoms with Crippen molar-refractivity contribution in [3.8, 4) is 0 Å². The van der Waals surface area contributed by atoms with E-state index in [1.165, 1.54) is 6.20 Å². The van der Waals surface area contributed by atoms with Gasteiger partial charge in [0.25, 0.3) is 0 Å². The first-order chi connectivity index (χ1) is 7.63. The summed E-state index contributed by atoms with van der Waals surface area (Å²) >= 11 is 5.98. The third-order valence-corrected chi connectivity index (χ3v) is 2.85. The van der Waals surface area contributed by atoms with Gasteiger partial charge < -0.3 is 0 Å². The number of fused-ring (bicyclic) bond motifs is 1. The summed E-state index contributed by atoms with van der Waals surface area (Å²) in [5, 5.41) is 11.5. The average molecular weight is 237 g/mol. The molecule has 2 rings (SSSR count). The largest absolute Gasteiger partial charge is 0.306 e. The standard InChI is InChI=1S/C11H9ClN2O2/c1-2-7-3-4-9-8(5-7)11(12)10(6-13-9)14(15)16/h3-6H,2H2,1H3. The molecule has 82 valence electrons. The van der Waals surface area contributed by atoms with Crippen molar-refractivity contribution in [1.82, 2.24) is 4.98 Å². The van der Waals surface area contributed by atoms with Crippen molar-refractivity contribution in [3.05, 3.63) is 45.1 Å². The van der Waals surface area contributed by atoms with Gasteiger partial charge in [-0.05, 0) is 24.1 Å². The molecule has 0 N–H and O–H groups in total. The van der Waals surface area contributed by atoms with Crippen LogP contribution in [0.25, 0.3) is 10.9 Å². The van der Waals surface area contributed by atoms with Gasteiger partial charge in [-0.25, -0.2) is 4.98 Å². The van der Waals surface area contributed by atoms with Crippen LogP contribution in [0.2, 0.25) is 5.02 Å². The molecule has 1 aromatic heterocycles. The van der Waals surface area contributed by atoms with E-state index in [0.29, 0.717) is 10.9 Å². The molecule has 1 heterocycles. The maximum absolute atomic E-state index is 10.7. The average Bonchev–Trinajstić information content (AvgIpc) is 2.28. The predicted octanol–water partition coefficient (Wildman–Crippen LogP) is 3.36. The maximum Gasteiger partial charge on any atom is 0.306 e. The van der Waals surface area contributed by atoms with Crippen LogP contribution in [0.1, 0.15) is 12.5 Å². The fraction of sp³-hybridized carbons (Fsp3) is 0.182. The van der Waals surface area contributed by atoms with Crippen LogP contribution in [0.4, 0.5) is 5.69 Å². The molecular formula is C11H9ClN2O2. The van der Waals surface area contributed by atoms with E-state index in [9.17, 15) is 10.1 Å². The van der Waals surface area contributed by atoms with Crippen LogP contribution in [-0.4, -0.2) is 9.91 Å². The summed E-state index contributed by atoms with van der Waals surface area (Å²) in [5.41, 5.74) is 1.60. The minimum absolute atomic E-state index is 0.151. The minimum atomic E-state index is -0.520. The Morgan fingerprint density at radius 1 is 1.50 bits per heavy atom. The zero-order chi connectivity index (χ0) is 11.7. The number of nitrogens with zero attached hydrogens (tertiary/aromatic N) is 2. The van der Waals surface area contributed by atoms with E-state index in [4.69, 9.17) is 11.6 Å². The lowest BCUT2D eigenvalue weighted by Gasteiger charge is -2.03. The van der Waals surface area contributed by atoms with E-state index < -0.39 is 4.92 Å². The lowest BCUT2D eigenvalue weighted by atomic mass is 10.1. The molecule has 16 heavy (non-hydrogen) atoms. The van der Waals surface area contributed by atoms with Gasteiger partial charge in [0.2, 0.25) is 0 Å². The molecule has 4 nitrogen and oxygen atoms in total. The van der Waals surface area contributed by atoms with Crippen molar-refractivity contribution < 1.29 is 4.92 Å². The Morgan fingerprint density at radius 2 is 2.25 bits per heavy atom. The van der Waals surface area contributed by atoms with Crippen molar-refractivity contribution in [2.24, 2.45) is 0 Å². The highest BCUT2D eigenvalue weighted by atomic mass is 35.5. The normalized spacial score (nSPS) is 10.6. The Kier molecular flexibility index (Phi) is 2.75. The Bertz CT molecular complexity index is 569. The molecule has 0 radical (unpaired) electrons. The van der Waals surface area contributed by atoms with Crippen molar-refractivity contribution in [2.45, 2.75) is 13.3 Å². The molecule has 2 aromatic rings. The van der Waals surface area contributed by atoms with Crippen LogP contribution < -0.4 is 0 Å². The molecule has 0 aliphatic rings. The molecule has 0 amide bonds. The molecule has 0 aliphatic heterocycles. The van der Waals surface area contributed by atoms with E-state index in [-0.39, 0.29) is 10.7 Å². The van der Waals surface area contributed by atoms with E-state index in [2.05, 4.69) is 4.98 Å². The highest BCUT2D eigenvalue weighted by Crippen LogP contribution is 2.31. The van der Waals surface area contributed by atoms with Gasteiger partial charge in [0.1, 0.15) is 11.2 Å². The second-order valence-electron chi connectivity index (χ2n) is 3.42. The molecule has 0 atom stereocenters. The highest BCUT2D eigenvalue weighted by molar-refractivity contribution is 6.37. The molecule has 0 saturated carbocycles. The summed E-state index contributed by atoms with van der Waals surface area (Å²) < 4.78 is 0. The molecule has 0 saturated heterocycles. The van der Waals surface area contributed by atoms with E-state index in [0.717, 1.165) is 12.0 Å². The van der Waals surface area contributed by atoms with Gasteiger partial charge >= 0.3 is 5.69 Å². The van der Waals surface area contributed by atoms with Crippen LogP contribution in [0, 0.1) is 10.1 Å². The van der Waals surface area contributed by atoms with Gasteiger partial charge in [-0.1, -0.05) is 24.6 Å². The summed E-state index contributed by atoms with van der Waals surface area (Å²) in [6.07, 6.45) is 2.05. The smallest absolute Gasteiger partial charge is 0.258 e. The number of nitro groups is 1. The zero-order valence-electron chi connectivity index (χ0n) is 8.61. The van der Waals surface area contributed by atoms with Crippen LogP contribution in [0.3, 0.4) is 0 Å². The molecule has 0 aliphatic carbocycles. The lowest BCUT2D eigenvalue weighted by Crippen LogP contribution is -1.92. The topological polar surface area (TPSA) is 56.0 Å². The van der Waals surface area contributed by atoms with Crippen LogP contribution in [0.5, 0.6) is 0 Å². The van der Waals surface area contributed by atoms with Gasteiger partial charge in [-0.2, -0.15) is 0 Å². The third kappa shape index (κ3) is 1.72. The molecule has 0 unspecified atom stereocenters. The first-order valence-corrected chi connectivity index (χ1v) is 5.22. The number of pyridine rings is 1. The van der Waals surface area contributed by atoms with Crippen LogP contribution in [0.15, 0.2) is 24.4 Å². The number of aromatic nitrogens is 1. The minimum Gasteiger partial charge on any atom is -0.258 e. The molecule has 5 heteroatoms. The molecule has 0 spiro atoms. The third-order valence-electron chi connectivity index (χ3n) is 2.45. The quantitative estimate of drug-likeness (QED) is 0.593. The summed E-state index contributed by atoms with van der Waals surface area (Å²) in [5.74, 6) is 0. The van der Waals surface area contributed by atoms with Crippen LogP contribution in [-0.2, 0) is 6.42 Å². The fourth-order valence-electron chi connectivity index (χ4n) is 1.54. The lowest BCUT2D eigenvalue weighted by molar-refractivity contribution is -0.384. The molecule has 1 aromatic carbocycles. The zero-order valence-corrected chi connectivity index (χ0v) is 9.36. The number of benzene rings is 1.